The Kier molecular flexibility index (Phi) is 6.69. The summed E-state index contributed by atoms with van der Waals surface area (Å²) in [4.78, 5) is 11.8. The first-order valence-electron chi connectivity index (χ1n) is 9.86. The quantitative estimate of drug-likeness (QED) is 0.671. The van der Waals surface area contributed by atoms with E-state index < -0.39 is 0 Å². The highest BCUT2D eigenvalue weighted by Crippen LogP contribution is 2.29. The smallest absolute Gasteiger partial charge is 0.266 e. The fourth-order valence-electron chi connectivity index (χ4n) is 3.45. The predicted molar refractivity (Wildman–Crippen MR) is 106 cm³/mol. The van der Waals surface area contributed by atoms with Crippen molar-refractivity contribution in [3.63, 3.8) is 0 Å². The zero-order valence-corrected chi connectivity index (χ0v) is 15.6. The van der Waals surface area contributed by atoms with Crippen LogP contribution >= 0.6 is 0 Å². The normalized spacial score (nSPS) is 15.0. The van der Waals surface area contributed by atoms with E-state index in [1.807, 2.05) is 24.3 Å². The standard InChI is InChI=1S/C21H29N3O2/c1-2-3-7-14-26-18-12-10-16(11-13-18)21-19(15-20(25)23-24-21)22-17-8-5-4-6-9-17/h10-13,15,17H,2-9,14H2,1H3,(H2,22,23,25). The summed E-state index contributed by atoms with van der Waals surface area (Å²) in [5.74, 6) is 0.871. The van der Waals surface area contributed by atoms with Crippen molar-refractivity contribution >= 4 is 5.69 Å². The molecule has 1 heterocycles. The van der Waals surface area contributed by atoms with Gasteiger partial charge in [0.15, 0.2) is 0 Å². The summed E-state index contributed by atoms with van der Waals surface area (Å²) < 4.78 is 5.78. The van der Waals surface area contributed by atoms with E-state index in [0.29, 0.717) is 6.04 Å². The first-order valence-corrected chi connectivity index (χ1v) is 9.86. The van der Waals surface area contributed by atoms with Crippen LogP contribution in [0.4, 0.5) is 5.69 Å². The molecule has 0 saturated heterocycles. The molecule has 0 spiro atoms. The number of hydrogen-bond acceptors (Lipinski definition) is 4. The molecular formula is C21H29N3O2. The van der Waals surface area contributed by atoms with E-state index in [-0.39, 0.29) is 5.56 Å². The minimum Gasteiger partial charge on any atom is -0.494 e. The number of aromatic nitrogens is 2. The highest BCUT2D eigenvalue weighted by atomic mass is 16.5. The number of aromatic amines is 1. The lowest BCUT2D eigenvalue weighted by Crippen LogP contribution is -2.24. The first-order chi connectivity index (χ1) is 12.8. The molecule has 0 amide bonds. The van der Waals surface area contributed by atoms with E-state index in [1.165, 1.54) is 32.1 Å². The van der Waals surface area contributed by atoms with Crippen LogP contribution in [0.3, 0.4) is 0 Å². The molecule has 0 aliphatic heterocycles. The second kappa shape index (κ2) is 9.41. The molecule has 0 bridgehead atoms. The van der Waals surface area contributed by atoms with Crippen molar-refractivity contribution in [1.82, 2.24) is 10.2 Å². The van der Waals surface area contributed by atoms with E-state index in [2.05, 4.69) is 22.4 Å². The van der Waals surface area contributed by atoms with Crippen LogP contribution < -0.4 is 15.6 Å². The third-order valence-corrected chi connectivity index (χ3v) is 4.92. The SMILES string of the molecule is CCCCCOc1ccc(-c2n[nH]c(=O)cc2NC2CCCCC2)cc1. The molecule has 1 fully saturated rings. The Hall–Kier alpha value is -2.30. The van der Waals surface area contributed by atoms with E-state index in [9.17, 15) is 4.79 Å². The van der Waals surface area contributed by atoms with Gasteiger partial charge in [0.1, 0.15) is 11.4 Å². The van der Waals surface area contributed by atoms with Crippen LogP contribution in [0.25, 0.3) is 11.3 Å². The zero-order valence-electron chi connectivity index (χ0n) is 15.6. The molecule has 5 nitrogen and oxygen atoms in total. The van der Waals surface area contributed by atoms with Gasteiger partial charge in [-0.2, -0.15) is 5.10 Å². The van der Waals surface area contributed by atoms with Gasteiger partial charge in [0, 0.05) is 17.7 Å². The summed E-state index contributed by atoms with van der Waals surface area (Å²) in [5, 5.41) is 10.4. The predicted octanol–water partition coefficient (Wildman–Crippen LogP) is 4.75. The molecule has 0 unspecified atom stereocenters. The second-order valence-corrected chi connectivity index (χ2v) is 7.05. The molecule has 0 atom stereocenters. The molecule has 140 valence electrons. The van der Waals surface area contributed by atoms with Crippen LogP contribution in [-0.2, 0) is 0 Å². The third-order valence-electron chi connectivity index (χ3n) is 4.92. The molecule has 1 saturated carbocycles. The molecule has 1 aromatic carbocycles. The van der Waals surface area contributed by atoms with Crippen molar-refractivity contribution in [2.45, 2.75) is 64.3 Å². The van der Waals surface area contributed by atoms with Gasteiger partial charge in [-0.1, -0.05) is 39.0 Å². The van der Waals surface area contributed by atoms with Crippen LogP contribution in [0.15, 0.2) is 35.1 Å². The minimum absolute atomic E-state index is 0.178. The summed E-state index contributed by atoms with van der Waals surface area (Å²) in [6.45, 7) is 2.93. The number of anilines is 1. The Bertz CT molecular complexity index is 734. The van der Waals surface area contributed by atoms with Gasteiger partial charge in [0.2, 0.25) is 0 Å². The van der Waals surface area contributed by atoms with Crippen LogP contribution in [0.1, 0.15) is 58.3 Å². The molecule has 3 rings (SSSR count). The first kappa shape index (κ1) is 18.5. The van der Waals surface area contributed by atoms with E-state index in [0.717, 1.165) is 48.6 Å². The Morgan fingerprint density at radius 1 is 1.15 bits per heavy atom. The summed E-state index contributed by atoms with van der Waals surface area (Å²) in [5.41, 5.74) is 2.40. The summed E-state index contributed by atoms with van der Waals surface area (Å²) in [6.07, 6.45) is 9.55. The van der Waals surface area contributed by atoms with Gasteiger partial charge in [0.25, 0.3) is 5.56 Å². The van der Waals surface area contributed by atoms with Crippen molar-refractivity contribution in [2.24, 2.45) is 0 Å². The number of hydrogen-bond donors (Lipinski definition) is 2. The number of benzene rings is 1. The molecule has 2 aromatic rings. The van der Waals surface area contributed by atoms with Crippen molar-refractivity contribution in [3.8, 4) is 17.0 Å². The van der Waals surface area contributed by atoms with Gasteiger partial charge < -0.3 is 10.1 Å². The lowest BCUT2D eigenvalue weighted by atomic mass is 9.95. The van der Waals surface area contributed by atoms with Gasteiger partial charge in [-0.15, -0.1) is 0 Å². The molecule has 1 aliphatic carbocycles. The third kappa shape index (κ3) is 5.10. The Morgan fingerprint density at radius 3 is 2.65 bits per heavy atom. The highest BCUT2D eigenvalue weighted by Gasteiger charge is 2.16. The van der Waals surface area contributed by atoms with E-state index in [4.69, 9.17) is 4.74 Å². The van der Waals surface area contributed by atoms with Gasteiger partial charge in [-0.05, 0) is 43.5 Å². The molecule has 2 N–H and O–H groups in total. The van der Waals surface area contributed by atoms with Crippen LogP contribution in [0.5, 0.6) is 5.75 Å². The monoisotopic (exact) mass is 355 g/mol. The fraction of sp³-hybridized carbons (Fsp3) is 0.524. The number of nitrogens with one attached hydrogen (secondary N) is 2. The summed E-state index contributed by atoms with van der Waals surface area (Å²) in [6, 6.07) is 9.99. The van der Waals surface area contributed by atoms with Gasteiger partial charge in [0.05, 0.1) is 12.3 Å². The van der Waals surface area contributed by atoms with Crippen LogP contribution in [-0.4, -0.2) is 22.8 Å². The fourth-order valence-corrected chi connectivity index (χ4v) is 3.45. The average molecular weight is 355 g/mol. The van der Waals surface area contributed by atoms with E-state index >= 15 is 0 Å². The lowest BCUT2D eigenvalue weighted by molar-refractivity contribution is 0.306. The Balaban J connectivity index is 1.72. The Morgan fingerprint density at radius 2 is 1.92 bits per heavy atom. The molecule has 26 heavy (non-hydrogen) atoms. The van der Waals surface area contributed by atoms with E-state index in [1.54, 1.807) is 6.07 Å². The maximum absolute atomic E-state index is 11.8. The minimum atomic E-state index is -0.178. The van der Waals surface area contributed by atoms with Gasteiger partial charge in [-0.25, -0.2) is 5.10 Å². The highest BCUT2D eigenvalue weighted by molar-refractivity contribution is 5.74. The van der Waals surface area contributed by atoms with Crippen LogP contribution in [0, 0.1) is 0 Å². The maximum atomic E-state index is 11.8. The van der Waals surface area contributed by atoms with Crippen molar-refractivity contribution < 1.29 is 4.74 Å². The largest absolute Gasteiger partial charge is 0.494 e. The topological polar surface area (TPSA) is 67.0 Å². The van der Waals surface area contributed by atoms with Gasteiger partial charge >= 0.3 is 0 Å². The number of H-pyrrole nitrogens is 1. The molecule has 0 radical (unpaired) electrons. The molecule has 1 aliphatic rings. The number of ether oxygens (including phenoxy) is 1. The zero-order chi connectivity index (χ0) is 18.2. The van der Waals surface area contributed by atoms with Gasteiger partial charge in [-0.3, -0.25) is 4.79 Å². The number of nitrogens with zero attached hydrogens (tertiary/aromatic N) is 1. The lowest BCUT2D eigenvalue weighted by Gasteiger charge is -2.24. The summed E-state index contributed by atoms with van der Waals surface area (Å²) in [7, 11) is 0. The molecular weight excluding hydrogens is 326 g/mol. The number of rotatable bonds is 8. The number of unbranched alkanes of at least 4 members (excludes halogenated alkanes) is 2. The van der Waals surface area contributed by atoms with Crippen LogP contribution in [0.2, 0.25) is 0 Å². The molecule has 1 aromatic heterocycles. The summed E-state index contributed by atoms with van der Waals surface area (Å²) >= 11 is 0. The average Bonchev–Trinajstić information content (AvgIpc) is 2.67. The van der Waals surface area contributed by atoms with Crippen molar-refractivity contribution in [3.05, 3.63) is 40.7 Å². The second-order valence-electron chi connectivity index (χ2n) is 7.05. The van der Waals surface area contributed by atoms with Crippen molar-refractivity contribution in [2.75, 3.05) is 11.9 Å². The Labute approximate surface area is 155 Å². The van der Waals surface area contributed by atoms with Crippen molar-refractivity contribution in [1.29, 1.82) is 0 Å². The molecule has 5 heteroatoms. The maximum Gasteiger partial charge on any atom is 0.266 e.